The van der Waals surface area contributed by atoms with Gasteiger partial charge in [0.1, 0.15) is 6.29 Å². The minimum Gasteiger partial charge on any atom is -0.302 e. The van der Waals surface area contributed by atoms with E-state index in [4.69, 9.17) is 0 Å². The molecule has 14 heavy (non-hydrogen) atoms. The van der Waals surface area contributed by atoms with Gasteiger partial charge in [0.05, 0.1) is 12.3 Å². The molecule has 1 aromatic rings. The summed E-state index contributed by atoms with van der Waals surface area (Å²) in [6.45, 7) is -0.171. The second-order valence-corrected chi connectivity index (χ2v) is 4.57. The number of hydrogen-bond donors (Lipinski definition) is 1. The van der Waals surface area contributed by atoms with Gasteiger partial charge in [-0.15, -0.1) is 0 Å². The van der Waals surface area contributed by atoms with Crippen molar-refractivity contribution < 1.29 is 13.2 Å². The number of sulfonamides is 1. The monoisotopic (exact) mass is 213 g/mol. The second-order valence-electron chi connectivity index (χ2n) is 2.76. The average Bonchev–Trinajstić information content (AvgIpc) is 2.16. The number of rotatable bonds is 5. The number of aldehydes is 1. The Morgan fingerprint density at radius 2 is 1.86 bits per heavy atom. The molecule has 0 amide bonds. The molecule has 0 aromatic heterocycles. The van der Waals surface area contributed by atoms with E-state index in [2.05, 4.69) is 4.72 Å². The summed E-state index contributed by atoms with van der Waals surface area (Å²) in [5.74, 6) is -0.0956. The maximum absolute atomic E-state index is 11.3. The van der Waals surface area contributed by atoms with Gasteiger partial charge < -0.3 is 4.79 Å². The zero-order chi connectivity index (χ0) is 10.4. The lowest BCUT2D eigenvalue weighted by atomic mass is 10.2. The van der Waals surface area contributed by atoms with Crippen LogP contribution in [-0.4, -0.2) is 21.2 Å². The molecule has 0 heterocycles. The quantitative estimate of drug-likeness (QED) is 0.716. The minimum absolute atomic E-state index is 0.0956. The van der Waals surface area contributed by atoms with E-state index in [0.29, 0.717) is 11.8 Å². The summed E-state index contributed by atoms with van der Waals surface area (Å²) in [6.07, 6.45) is 0.516. The summed E-state index contributed by atoms with van der Waals surface area (Å²) in [7, 11) is -3.38. The van der Waals surface area contributed by atoms with Gasteiger partial charge in [-0.05, 0) is 5.56 Å². The molecule has 0 spiro atoms. The molecule has 0 aliphatic carbocycles. The van der Waals surface area contributed by atoms with Gasteiger partial charge in [-0.1, -0.05) is 30.3 Å². The van der Waals surface area contributed by atoms with E-state index < -0.39 is 10.0 Å². The molecular weight excluding hydrogens is 202 g/mol. The van der Waals surface area contributed by atoms with Crippen LogP contribution in [-0.2, 0) is 20.6 Å². The summed E-state index contributed by atoms with van der Waals surface area (Å²) in [5.41, 5.74) is 0.700. The second kappa shape index (κ2) is 4.88. The maximum atomic E-state index is 11.3. The molecule has 1 aromatic carbocycles. The van der Waals surface area contributed by atoms with E-state index in [1.165, 1.54) is 0 Å². The Morgan fingerprint density at radius 1 is 1.21 bits per heavy atom. The molecule has 4 nitrogen and oxygen atoms in total. The van der Waals surface area contributed by atoms with Crippen molar-refractivity contribution in [3.8, 4) is 0 Å². The Bertz CT molecular complexity index is 386. The van der Waals surface area contributed by atoms with Crippen LogP contribution in [0.2, 0.25) is 0 Å². The van der Waals surface area contributed by atoms with Crippen LogP contribution in [0.15, 0.2) is 30.3 Å². The summed E-state index contributed by atoms with van der Waals surface area (Å²) < 4.78 is 24.7. The lowest BCUT2D eigenvalue weighted by Gasteiger charge is -2.03. The van der Waals surface area contributed by atoms with E-state index in [-0.39, 0.29) is 12.3 Å². The van der Waals surface area contributed by atoms with Gasteiger partial charge >= 0.3 is 0 Å². The molecule has 0 aliphatic rings. The van der Waals surface area contributed by atoms with Gasteiger partial charge in [0, 0.05) is 0 Å². The van der Waals surface area contributed by atoms with Gasteiger partial charge in [-0.2, -0.15) is 0 Å². The van der Waals surface area contributed by atoms with Crippen LogP contribution < -0.4 is 4.72 Å². The molecule has 5 heteroatoms. The van der Waals surface area contributed by atoms with Crippen LogP contribution in [0.1, 0.15) is 5.56 Å². The highest BCUT2D eigenvalue weighted by molar-refractivity contribution is 7.88. The highest BCUT2D eigenvalue weighted by Crippen LogP contribution is 2.03. The van der Waals surface area contributed by atoms with Gasteiger partial charge in [-0.3, -0.25) is 0 Å². The topological polar surface area (TPSA) is 63.2 Å². The Labute approximate surface area is 83.0 Å². The predicted octanol–water partition coefficient (Wildman–Crippen LogP) is 0.305. The van der Waals surface area contributed by atoms with Crippen molar-refractivity contribution in [2.45, 2.75) is 5.75 Å². The zero-order valence-corrected chi connectivity index (χ0v) is 8.33. The first-order chi connectivity index (χ1) is 6.64. The third kappa shape index (κ3) is 3.68. The van der Waals surface area contributed by atoms with E-state index in [1.54, 1.807) is 24.3 Å². The van der Waals surface area contributed by atoms with E-state index >= 15 is 0 Å². The van der Waals surface area contributed by atoms with Crippen molar-refractivity contribution in [1.82, 2.24) is 4.72 Å². The third-order valence-corrected chi connectivity index (χ3v) is 2.91. The summed E-state index contributed by atoms with van der Waals surface area (Å²) >= 11 is 0. The molecular formula is C9H11NO3S. The SMILES string of the molecule is O=CCNS(=O)(=O)Cc1ccccc1. The molecule has 76 valence electrons. The molecule has 0 aliphatic heterocycles. The zero-order valence-electron chi connectivity index (χ0n) is 7.51. The van der Waals surface area contributed by atoms with Crippen LogP contribution in [0.25, 0.3) is 0 Å². The Morgan fingerprint density at radius 3 is 2.43 bits per heavy atom. The van der Waals surface area contributed by atoms with E-state index in [9.17, 15) is 13.2 Å². The standard InChI is InChI=1S/C9H11NO3S/c11-7-6-10-14(12,13)8-9-4-2-1-3-5-9/h1-5,7,10H,6,8H2. The minimum atomic E-state index is -3.38. The van der Waals surface area contributed by atoms with Crippen LogP contribution >= 0.6 is 0 Å². The fourth-order valence-corrected chi connectivity index (χ4v) is 2.06. The molecule has 0 radical (unpaired) electrons. The number of nitrogens with one attached hydrogen (secondary N) is 1. The van der Waals surface area contributed by atoms with Crippen molar-refractivity contribution in [2.75, 3.05) is 6.54 Å². The lowest BCUT2D eigenvalue weighted by Crippen LogP contribution is -2.26. The molecule has 0 bridgehead atoms. The van der Waals surface area contributed by atoms with E-state index in [1.807, 2.05) is 6.07 Å². The molecule has 1 rings (SSSR count). The van der Waals surface area contributed by atoms with Crippen molar-refractivity contribution in [3.63, 3.8) is 0 Å². The smallest absolute Gasteiger partial charge is 0.216 e. The summed E-state index contributed by atoms with van der Waals surface area (Å²) in [6, 6.07) is 8.80. The highest BCUT2D eigenvalue weighted by atomic mass is 32.2. The van der Waals surface area contributed by atoms with Gasteiger partial charge in [0.15, 0.2) is 0 Å². The normalized spacial score (nSPS) is 11.1. The van der Waals surface area contributed by atoms with Crippen molar-refractivity contribution in [3.05, 3.63) is 35.9 Å². The highest BCUT2D eigenvalue weighted by Gasteiger charge is 2.09. The first-order valence-corrected chi connectivity index (χ1v) is 5.74. The molecule has 0 fully saturated rings. The van der Waals surface area contributed by atoms with Crippen LogP contribution in [0, 0.1) is 0 Å². The van der Waals surface area contributed by atoms with Gasteiger partial charge in [-0.25, -0.2) is 13.1 Å². The fourth-order valence-electron chi connectivity index (χ4n) is 1.01. The molecule has 0 atom stereocenters. The molecule has 1 N–H and O–H groups in total. The number of carbonyl (C=O) groups is 1. The average molecular weight is 213 g/mol. The third-order valence-electron chi connectivity index (χ3n) is 1.59. The van der Waals surface area contributed by atoms with Gasteiger partial charge in [0.2, 0.25) is 10.0 Å². The predicted molar refractivity (Wildman–Crippen MR) is 53.1 cm³/mol. The number of hydrogen-bond acceptors (Lipinski definition) is 3. The van der Waals surface area contributed by atoms with Crippen molar-refractivity contribution in [1.29, 1.82) is 0 Å². The van der Waals surface area contributed by atoms with Crippen LogP contribution in [0.3, 0.4) is 0 Å². The lowest BCUT2D eigenvalue weighted by molar-refractivity contribution is -0.106. The van der Waals surface area contributed by atoms with E-state index in [0.717, 1.165) is 0 Å². The Hall–Kier alpha value is -1.20. The first-order valence-electron chi connectivity index (χ1n) is 4.09. The maximum Gasteiger partial charge on any atom is 0.216 e. The summed E-state index contributed by atoms with van der Waals surface area (Å²) in [4.78, 5) is 9.98. The largest absolute Gasteiger partial charge is 0.302 e. The Balaban J connectivity index is 2.64. The number of benzene rings is 1. The van der Waals surface area contributed by atoms with Crippen molar-refractivity contribution in [2.24, 2.45) is 0 Å². The fraction of sp³-hybridized carbons (Fsp3) is 0.222. The van der Waals surface area contributed by atoms with Crippen molar-refractivity contribution >= 4 is 16.3 Å². The summed E-state index contributed by atoms with van der Waals surface area (Å²) in [5, 5.41) is 0. The molecule has 0 saturated heterocycles. The van der Waals surface area contributed by atoms with Crippen LogP contribution in [0.5, 0.6) is 0 Å². The van der Waals surface area contributed by atoms with Gasteiger partial charge in [0.25, 0.3) is 0 Å². The first kappa shape index (κ1) is 10.9. The Kier molecular flexibility index (Phi) is 3.79. The molecule has 0 unspecified atom stereocenters. The van der Waals surface area contributed by atoms with Crippen LogP contribution in [0.4, 0.5) is 0 Å². The molecule has 0 saturated carbocycles. The number of carbonyl (C=O) groups excluding carboxylic acids is 1.